The van der Waals surface area contributed by atoms with Crippen LogP contribution < -0.4 is 0 Å². The van der Waals surface area contributed by atoms with Gasteiger partial charge in [-0.1, -0.05) is 26.0 Å². The molecule has 0 bridgehead atoms. The third-order valence-electron chi connectivity index (χ3n) is 4.83. The fourth-order valence-corrected chi connectivity index (χ4v) is 3.51. The Bertz CT molecular complexity index is 947. The standard InChI is InChI=1S/C22H27N3O2/c1-6-24-21(14(2)3)13-18(23-24)20-12-11-19(25(20)15(4)5)16-7-9-17(10-8-16)22(26)27/h7-15H,6H2,1-5H3,(H,26,27). The lowest BCUT2D eigenvalue weighted by Gasteiger charge is -2.17. The van der Waals surface area contributed by atoms with E-state index in [9.17, 15) is 4.79 Å². The van der Waals surface area contributed by atoms with Crippen LogP contribution in [0.15, 0.2) is 42.5 Å². The number of carbonyl (C=O) groups is 1. The van der Waals surface area contributed by atoms with E-state index in [0.29, 0.717) is 11.5 Å². The second-order valence-electron chi connectivity index (χ2n) is 7.37. The SMILES string of the molecule is CCn1nc(-c2ccc(-c3ccc(C(=O)O)cc3)n2C(C)C)cc1C(C)C. The molecular weight excluding hydrogens is 338 g/mol. The highest BCUT2D eigenvalue weighted by molar-refractivity contribution is 5.88. The Balaban J connectivity index is 2.10. The molecule has 27 heavy (non-hydrogen) atoms. The van der Waals surface area contributed by atoms with E-state index >= 15 is 0 Å². The zero-order valence-electron chi connectivity index (χ0n) is 16.6. The monoisotopic (exact) mass is 365 g/mol. The summed E-state index contributed by atoms with van der Waals surface area (Å²) < 4.78 is 4.33. The minimum Gasteiger partial charge on any atom is -0.478 e. The smallest absolute Gasteiger partial charge is 0.335 e. The highest BCUT2D eigenvalue weighted by Gasteiger charge is 2.19. The predicted octanol–water partition coefficient (Wildman–Crippen LogP) is 5.44. The van der Waals surface area contributed by atoms with E-state index in [1.165, 1.54) is 5.69 Å². The summed E-state index contributed by atoms with van der Waals surface area (Å²) in [7, 11) is 0. The summed E-state index contributed by atoms with van der Waals surface area (Å²) >= 11 is 0. The molecule has 0 saturated heterocycles. The molecule has 0 unspecified atom stereocenters. The van der Waals surface area contributed by atoms with Crippen LogP contribution in [0.2, 0.25) is 0 Å². The summed E-state index contributed by atoms with van der Waals surface area (Å²) in [6.45, 7) is 11.6. The maximum absolute atomic E-state index is 11.1. The van der Waals surface area contributed by atoms with Gasteiger partial charge in [-0.25, -0.2) is 4.79 Å². The molecule has 0 spiro atoms. The Morgan fingerprint density at radius 1 is 1.04 bits per heavy atom. The van der Waals surface area contributed by atoms with Crippen LogP contribution in [0, 0.1) is 0 Å². The van der Waals surface area contributed by atoms with Gasteiger partial charge in [0.1, 0.15) is 5.69 Å². The molecule has 0 saturated carbocycles. The lowest BCUT2D eigenvalue weighted by molar-refractivity contribution is 0.0697. The summed E-state index contributed by atoms with van der Waals surface area (Å²) in [5.41, 5.74) is 5.65. The minimum atomic E-state index is -0.909. The zero-order chi connectivity index (χ0) is 19.7. The highest BCUT2D eigenvalue weighted by atomic mass is 16.4. The molecule has 0 fully saturated rings. The molecule has 2 aromatic heterocycles. The second-order valence-corrected chi connectivity index (χ2v) is 7.37. The second kappa shape index (κ2) is 7.43. The van der Waals surface area contributed by atoms with Gasteiger partial charge in [-0.2, -0.15) is 5.10 Å². The topological polar surface area (TPSA) is 60.1 Å². The Morgan fingerprint density at radius 2 is 1.67 bits per heavy atom. The zero-order valence-corrected chi connectivity index (χ0v) is 16.6. The molecule has 0 atom stereocenters. The Morgan fingerprint density at radius 3 is 2.15 bits per heavy atom. The summed E-state index contributed by atoms with van der Waals surface area (Å²) in [5.74, 6) is -0.496. The molecule has 1 aromatic carbocycles. The van der Waals surface area contributed by atoms with Crippen LogP contribution in [0.25, 0.3) is 22.6 Å². The van der Waals surface area contributed by atoms with Gasteiger partial charge in [0.05, 0.1) is 11.3 Å². The molecule has 3 aromatic rings. The maximum Gasteiger partial charge on any atom is 0.335 e. The van der Waals surface area contributed by atoms with E-state index in [4.69, 9.17) is 10.2 Å². The van der Waals surface area contributed by atoms with E-state index < -0.39 is 5.97 Å². The van der Waals surface area contributed by atoms with Crippen LogP contribution in [-0.2, 0) is 6.54 Å². The average molecular weight is 365 g/mol. The van der Waals surface area contributed by atoms with E-state index in [1.807, 2.05) is 12.1 Å². The van der Waals surface area contributed by atoms with Crippen molar-refractivity contribution in [2.45, 2.75) is 53.1 Å². The van der Waals surface area contributed by atoms with Crippen molar-refractivity contribution in [3.63, 3.8) is 0 Å². The molecule has 2 heterocycles. The van der Waals surface area contributed by atoms with Gasteiger partial charge in [-0.15, -0.1) is 0 Å². The molecule has 0 amide bonds. The summed E-state index contributed by atoms with van der Waals surface area (Å²) in [6, 6.07) is 13.7. The number of benzene rings is 1. The van der Waals surface area contributed by atoms with Gasteiger partial charge in [-0.3, -0.25) is 4.68 Å². The van der Waals surface area contributed by atoms with Gasteiger partial charge < -0.3 is 9.67 Å². The van der Waals surface area contributed by atoms with Gasteiger partial charge in [0.2, 0.25) is 0 Å². The van der Waals surface area contributed by atoms with Crippen molar-refractivity contribution in [3.8, 4) is 22.6 Å². The van der Waals surface area contributed by atoms with E-state index in [-0.39, 0.29) is 6.04 Å². The fraction of sp³-hybridized carbons (Fsp3) is 0.364. The van der Waals surface area contributed by atoms with Crippen LogP contribution in [0.4, 0.5) is 0 Å². The number of aromatic nitrogens is 3. The summed E-state index contributed by atoms with van der Waals surface area (Å²) in [4.78, 5) is 11.1. The van der Waals surface area contributed by atoms with Crippen LogP contribution >= 0.6 is 0 Å². The fourth-order valence-electron chi connectivity index (χ4n) is 3.51. The first-order valence-electron chi connectivity index (χ1n) is 9.46. The number of aromatic carboxylic acids is 1. The number of hydrogen-bond donors (Lipinski definition) is 1. The molecule has 0 aliphatic rings. The largest absolute Gasteiger partial charge is 0.478 e. The van der Waals surface area contributed by atoms with Gasteiger partial charge in [0, 0.05) is 24.0 Å². The van der Waals surface area contributed by atoms with Crippen LogP contribution in [0.5, 0.6) is 0 Å². The van der Waals surface area contributed by atoms with Crippen LogP contribution in [0.3, 0.4) is 0 Å². The Kier molecular flexibility index (Phi) is 5.22. The molecule has 5 nitrogen and oxygen atoms in total. The number of rotatable bonds is 6. The van der Waals surface area contributed by atoms with Gasteiger partial charge >= 0.3 is 5.97 Å². The van der Waals surface area contributed by atoms with Gasteiger partial charge in [-0.05, 0) is 62.6 Å². The summed E-state index contributed by atoms with van der Waals surface area (Å²) in [6.07, 6.45) is 0. The van der Waals surface area contributed by atoms with Gasteiger partial charge in [0.25, 0.3) is 0 Å². The first-order valence-corrected chi connectivity index (χ1v) is 9.46. The number of aryl methyl sites for hydroxylation is 1. The average Bonchev–Trinajstić information content (AvgIpc) is 3.25. The first kappa shape index (κ1) is 19.0. The first-order chi connectivity index (χ1) is 12.8. The highest BCUT2D eigenvalue weighted by Crippen LogP contribution is 2.33. The molecule has 0 aliphatic heterocycles. The number of carboxylic acids is 1. The van der Waals surface area contributed by atoms with Crippen molar-refractivity contribution < 1.29 is 9.90 Å². The lowest BCUT2D eigenvalue weighted by atomic mass is 10.1. The number of carboxylic acid groups (broad SMARTS) is 1. The summed E-state index contributed by atoms with van der Waals surface area (Å²) in [5, 5.41) is 13.9. The normalized spacial score (nSPS) is 11.5. The van der Waals surface area contributed by atoms with E-state index in [0.717, 1.165) is 29.2 Å². The predicted molar refractivity (Wildman–Crippen MR) is 108 cm³/mol. The van der Waals surface area contributed by atoms with Crippen molar-refractivity contribution in [1.29, 1.82) is 0 Å². The van der Waals surface area contributed by atoms with Crippen molar-refractivity contribution >= 4 is 5.97 Å². The quantitative estimate of drug-likeness (QED) is 0.632. The van der Waals surface area contributed by atoms with Crippen LogP contribution in [-0.4, -0.2) is 25.4 Å². The molecular formula is C22H27N3O2. The molecule has 5 heteroatoms. The Hall–Kier alpha value is -2.82. The Labute approximate surface area is 160 Å². The van der Waals surface area contributed by atoms with E-state index in [2.05, 4.69) is 62.1 Å². The third-order valence-corrected chi connectivity index (χ3v) is 4.83. The minimum absolute atomic E-state index is 0.249. The number of hydrogen-bond acceptors (Lipinski definition) is 2. The van der Waals surface area contributed by atoms with Crippen LogP contribution in [0.1, 0.15) is 62.6 Å². The molecule has 142 valence electrons. The van der Waals surface area contributed by atoms with Crippen molar-refractivity contribution in [1.82, 2.24) is 14.3 Å². The number of nitrogens with zero attached hydrogens (tertiary/aromatic N) is 3. The molecule has 0 aliphatic carbocycles. The molecule has 0 radical (unpaired) electrons. The lowest BCUT2D eigenvalue weighted by Crippen LogP contribution is -2.06. The van der Waals surface area contributed by atoms with Crippen molar-refractivity contribution in [2.75, 3.05) is 0 Å². The third kappa shape index (κ3) is 3.54. The maximum atomic E-state index is 11.1. The van der Waals surface area contributed by atoms with Crippen molar-refractivity contribution in [3.05, 3.63) is 53.7 Å². The van der Waals surface area contributed by atoms with E-state index in [1.54, 1.807) is 12.1 Å². The molecule has 1 N–H and O–H groups in total. The van der Waals surface area contributed by atoms with Crippen molar-refractivity contribution in [2.24, 2.45) is 0 Å². The molecule has 3 rings (SSSR count). The van der Waals surface area contributed by atoms with Gasteiger partial charge in [0.15, 0.2) is 0 Å².